The summed E-state index contributed by atoms with van der Waals surface area (Å²) in [6.45, 7) is 0. The molecule has 0 aliphatic carbocycles. The zero-order chi connectivity index (χ0) is 22.2. The van der Waals surface area contributed by atoms with Gasteiger partial charge >= 0.3 is 0 Å². The second kappa shape index (κ2) is 8.26. The number of anilines is 2. The van der Waals surface area contributed by atoms with Crippen LogP contribution >= 0.6 is 0 Å². The molecule has 2 bridgehead atoms. The minimum absolute atomic E-state index is 0.199. The highest BCUT2D eigenvalue weighted by molar-refractivity contribution is 5.61. The van der Waals surface area contributed by atoms with E-state index in [0.717, 1.165) is 43.3 Å². The van der Waals surface area contributed by atoms with Crippen molar-refractivity contribution in [3.8, 4) is 17.0 Å². The Kier molecular flexibility index (Phi) is 5.28. The number of piperidine rings is 1. The molecule has 8 heteroatoms. The van der Waals surface area contributed by atoms with Crippen LogP contribution in [-0.2, 0) is 7.05 Å². The van der Waals surface area contributed by atoms with Crippen molar-refractivity contribution < 1.29 is 9.13 Å². The summed E-state index contributed by atoms with van der Waals surface area (Å²) in [5.74, 6) is 0.951. The van der Waals surface area contributed by atoms with Crippen LogP contribution in [0.25, 0.3) is 11.3 Å². The number of pyridine rings is 1. The van der Waals surface area contributed by atoms with Crippen LogP contribution in [0.1, 0.15) is 25.7 Å². The molecule has 0 saturated carbocycles. The smallest absolute Gasteiger partial charge is 0.255 e. The van der Waals surface area contributed by atoms with Crippen LogP contribution in [-0.4, -0.2) is 39.8 Å². The van der Waals surface area contributed by atoms with E-state index < -0.39 is 5.82 Å². The fraction of sp³-hybridized carbons (Fsp3) is 0.375. The molecule has 2 aromatic heterocycles. The molecule has 2 saturated heterocycles. The molecule has 2 atom stereocenters. The number of aromatic nitrogens is 3. The predicted octanol–water partition coefficient (Wildman–Crippen LogP) is 3.60. The average Bonchev–Trinajstić information content (AvgIpc) is 3.06. The highest BCUT2D eigenvalue weighted by atomic mass is 19.1. The lowest BCUT2D eigenvalue weighted by Crippen LogP contribution is -2.49. The van der Waals surface area contributed by atoms with Crippen molar-refractivity contribution in [2.75, 3.05) is 17.3 Å². The lowest BCUT2D eigenvalue weighted by molar-refractivity contribution is 0.406. The third-order valence-electron chi connectivity index (χ3n) is 6.59. The highest BCUT2D eigenvalue weighted by Gasteiger charge is 2.42. The maximum atomic E-state index is 14.3. The Morgan fingerprint density at radius 1 is 1.16 bits per heavy atom. The van der Waals surface area contributed by atoms with Crippen LogP contribution in [0.15, 0.2) is 53.6 Å². The van der Waals surface area contributed by atoms with Gasteiger partial charge in [0.1, 0.15) is 5.75 Å². The zero-order valence-electron chi connectivity index (χ0n) is 18.2. The van der Waals surface area contributed by atoms with Crippen molar-refractivity contribution in [2.45, 2.75) is 43.8 Å². The van der Waals surface area contributed by atoms with E-state index in [4.69, 9.17) is 9.72 Å². The van der Waals surface area contributed by atoms with Crippen LogP contribution < -0.4 is 20.5 Å². The molecule has 2 aliphatic rings. The van der Waals surface area contributed by atoms with Gasteiger partial charge in [0.05, 0.1) is 24.7 Å². The molecule has 32 heavy (non-hydrogen) atoms. The zero-order valence-corrected chi connectivity index (χ0v) is 18.2. The summed E-state index contributed by atoms with van der Waals surface area (Å²) < 4.78 is 21.4. The number of hydrogen-bond acceptors (Lipinski definition) is 6. The molecular weight excluding hydrogens is 409 g/mol. The Morgan fingerprint density at radius 3 is 2.62 bits per heavy atom. The van der Waals surface area contributed by atoms with Gasteiger partial charge in [0.25, 0.3) is 5.56 Å². The van der Waals surface area contributed by atoms with Crippen molar-refractivity contribution in [3.63, 3.8) is 0 Å². The quantitative estimate of drug-likeness (QED) is 0.660. The van der Waals surface area contributed by atoms with Crippen LogP contribution in [0.5, 0.6) is 5.75 Å². The molecule has 1 N–H and O–H groups in total. The number of benzene rings is 1. The minimum Gasteiger partial charge on any atom is -0.495 e. The molecule has 0 spiro atoms. The molecular formula is C24H26FN5O2. The normalized spacial score (nSPS) is 22.1. The van der Waals surface area contributed by atoms with Crippen LogP contribution in [0.3, 0.4) is 0 Å². The maximum Gasteiger partial charge on any atom is 0.255 e. The number of para-hydroxylation sites is 2. The van der Waals surface area contributed by atoms with Gasteiger partial charge in [-0.25, -0.2) is 9.37 Å². The van der Waals surface area contributed by atoms with E-state index in [9.17, 15) is 9.18 Å². The lowest BCUT2D eigenvalue weighted by Gasteiger charge is -2.40. The number of methoxy groups -OCH3 is 1. The van der Waals surface area contributed by atoms with E-state index in [2.05, 4.69) is 15.2 Å². The van der Waals surface area contributed by atoms with E-state index in [-0.39, 0.29) is 17.6 Å². The summed E-state index contributed by atoms with van der Waals surface area (Å²) in [6, 6.07) is 11.7. The molecule has 4 heterocycles. The van der Waals surface area contributed by atoms with Crippen molar-refractivity contribution in [3.05, 3.63) is 65.0 Å². The first-order chi connectivity index (χ1) is 15.5. The number of nitrogens with zero attached hydrogens (tertiary/aromatic N) is 4. The molecule has 2 fully saturated rings. The van der Waals surface area contributed by atoms with E-state index in [1.165, 1.54) is 12.3 Å². The van der Waals surface area contributed by atoms with Crippen molar-refractivity contribution in [2.24, 2.45) is 7.05 Å². The minimum atomic E-state index is -0.484. The van der Waals surface area contributed by atoms with Crippen molar-refractivity contribution >= 4 is 11.6 Å². The first kappa shape index (κ1) is 20.5. The van der Waals surface area contributed by atoms with E-state index in [1.54, 1.807) is 24.8 Å². The molecule has 2 aliphatic heterocycles. The number of ether oxygens (including phenoxy) is 1. The van der Waals surface area contributed by atoms with Crippen LogP contribution in [0.2, 0.25) is 0 Å². The van der Waals surface area contributed by atoms with Gasteiger partial charge in [0, 0.05) is 43.0 Å². The third kappa shape index (κ3) is 3.59. The standard InChI is InChI=1S/C24H26FN5O2/c1-29-23(31)13-21(18-9-10-26-14-19(18)25)28-24(29)30-16-7-8-17(30)12-15(11-16)27-20-5-3-4-6-22(20)32-2/h3-6,9-10,13-17,27H,7-8,11-12H2,1-2H3. The topological polar surface area (TPSA) is 72.3 Å². The largest absolute Gasteiger partial charge is 0.495 e. The molecule has 0 radical (unpaired) electrons. The van der Waals surface area contributed by atoms with E-state index in [0.29, 0.717) is 23.2 Å². The summed E-state index contributed by atoms with van der Waals surface area (Å²) in [7, 11) is 3.41. The van der Waals surface area contributed by atoms with Gasteiger partial charge in [-0.2, -0.15) is 0 Å². The Balaban J connectivity index is 1.44. The number of halogens is 1. The van der Waals surface area contributed by atoms with Gasteiger partial charge in [0.2, 0.25) is 5.95 Å². The van der Waals surface area contributed by atoms with Gasteiger partial charge in [-0.3, -0.25) is 14.3 Å². The second-order valence-corrected chi connectivity index (χ2v) is 8.50. The van der Waals surface area contributed by atoms with Crippen molar-refractivity contribution in [1.29, 1.82) is 0 Å². The monoisotopic (exact) mass is 435 g/mol. The number of hydrogen-bond donors (Lipinski definition) is 1. The molecule has 2 unspecified atom stereocenters. The van der Waals surface area contributed by atoms with Gasteiger partial charge in [-0.05, 0) is 43.9 Å². The lowest BCUT2D eigenvalue weighted by atomic mass is 9.97. The number of nitrogens with one attached hydrogen (secondary N) is 1. The highest BCUT2D eigenvalue weighted by Crippen LogP contribution is 2.40. The number of fused-ring (bicyclic) bond motifs is 2. The average molecular weight is 436 g/mol. The fourth-order valence-electron chi connectivity index (χ4n) is 5.08. The molecule has 3 aromatic rings. The SMILES string of the molecule is COc1ccccc1NC1CC2CCC(C1)N2c1nc(-c2ccncc2F)cc(=O)n1C. The Labute approximate surface area is 185 Å². The third-order valence-corrected chi connectivity index (χ3v) is 6.59. The van der Waals surface area contributed by atoms with Crippen LogP contribution in [0.4, 0.5) is 16.0 Å². The first-order valence-corrected chi connectivity index (χ1v) is 10.9. The molecule has 5 rings (SSSR count). The van der Waals surface area contributed by atoms with Gasteiger partial charge < -0.3 is 15.0 Å². The van der Waals surface area contributed by atoms with Crippen LogP contribution in [0, 0.1) is 5.82 Å². The summed E-state index contributed by atoms with van der Waals surface area (Å²) in [5, 5.41) is 3.65. The maximum absolute atomic E-state index is 14.3. The summed E-state index contributed by atoms with van der Waals surface area (Å²) >= 11 is 0. The summed E-state index contributed by atoms with van der Waals surface area (Å²) in [4.78, 5) is 23.5. The first-order valence-electron chi connectivity index (χ1n) is 10.9. The Morgan fingerprint density at radius 2 is 1.91 bits per heavy atom. The van der Waals surface area contributed by atoms with Gasteiger partial charge in [-0.15, -0.1) is 0 Å². The van der Waals surface area contributed by atoms with E-state index >= 15 is 0 Å². The fourth-order valence-corrected chi connectivity index (χ4v) is 5.08. The molecule has 0 amide bonds. The summed E-state index contributed by atoms with van der Waals surface area (Å²) in [6.07, 6.45) is 6.59. The molecule has 7 nitrogen and oxygen atoms in total. The second-order valence-electron chi connectivity index (χ2n) is 8.50. The summed E-state index contributed by atoms with van der Waals surface area (Å²) in [5.41, 5.74) is 1.43. The molecule has 166 valence electrons. The van der Waals surface area contributed by atoms with Gasteiger partial charge in [0.15, 0.2) is 5.82 Å². The van der Waals surface area contributed by atoms with Gasteiger partial charge in [-0.1, -0.05) is 12.1 Å². The number of rotatable bonds is 5. The Bertz CT molecular complexity index is 1180. The van der Waals surface area contributed by atoms with E-state index in [1.807, 2.05) is 24.3 Å². The Hall–Kier alpha value is -3.42. The molecule has 1 aromatic carbocycles. The van der Waals surface area contributed by atoms with Crippen molar-refractivity contribution in [1.82, 2.24) is 14.5 Å². The predicted molar refractivity (Wildman–Crippen MR) is 122 cm³/mol.